The van der Waals surface area contributed by atoms with Crippen molar-refractivity contribution in [2.24, 2.45) is 0 Å². The molecule has 0 aromatic heterocycles. The summed E-state index contributed by atoms with van der Waals surface area (Å²) >= 11 is 6.03. The summed E-state index contributed by atoms with van der Waals surface area (Å²) in [5.41, 5.74) is 0.543. The molecule has 2 aromatic rings. The number of sulfonamides is 1. The number of halogens is 1. The molecule has 0 radical (unpaired) electrons. The third-order valence-corrected chi connectivity index (χ3v) is 5.05. The Bertz CT molecular complexity index is 928. The highest BCUT2D eigenvalue weighted by atomic mass is 35.5. The van der Waals surface area contributed by atoms with Crippen molar-refractivity contribution in [3.8, 4) is 0 Å². The van der Waals surface area contributed by atoms with Crippen LogP contribution in [0.1, 0.15) is 20.7 Å². The van der Waals surface area contributed by atoms with Crippen LogP contribution in [0.2, 0.25) is 5.02 Å². The number of rotatable bonds is 5. The van der Waals surface area contributed by atoms with Crippen LogP contribution in [0.5, 0.6) is 0 Å². The number of anilines is 1. The molecular weight excluding hydrogens is 368 g/mol. The molecule has 0 fully saturated rings. The third-order valence-electron chi connectivity index (χ3n) is 3.31. The molecule has 7 nitrogen and oxygen atoms in total. The van der Waals surface area contributed by atoms with Crippen molar-refractivity contribution in [1.82, 2.24) is 4.72 Å². The summed E-state index contributed by atoms with van der Waals surface area (Å²) in [7, 11) is -1.16. The molecule has 0 aliphatic carbocycles. The zero-order valence-corrected chi connectivity index (χ0v) is 14.9. The van der Waals surface area contributed by atoms with Gasteiger partial charge in [-0.25, -0.2) is 17.9 Å². The van der Waals surface area contributed by atoms with Gasteiger partial charge in [0.25, 0.3) is 5.91 Å². The number of nitrogens with one attached hydrogen (secondary N) is 2. The monoisotopic (exact) mass is 382 g/mol. The van der Waals surface area contributed by atoms with Crippen molar-refractivity contribution < 1.29 is 22.7 Å². The molecule has 9 heteroatoms. The SMILES string of the molecule is CNS(=O)(=O)c1cccc(C(=O)Nc2cc(C(=O)OC)ccc2Cl)c1. The van der Waals surface area contributed by atoms with E-state index in [2.05, 4.69) is 14.8 Å². The summed E-state index contributed by atoms with van der Waals surface area (Å²) in [5.74, 6) is -1.15. The Morgan fingerprint density at radius 2 is 1.80 bits per heavy atom. The lowest BCUT2D eigenvalue weighted by molar-refractivity contribution is 0.0600. The van der Waals surface area contributed by atoms with Gasteiger partial charge in [0.15, 0.2) is 0 Å². The number of esters is 1. The van der Waals surface area contributed by atoms with Gasteiger partial charge in [0.2, 0.25) is 10.0 Å². The van der Waals surface area contributed by atoms with Gasteiger partial charge >= 0.3 is 5.97 Å². The molecule has 0 heterocycles. The normalized spacial score (nSPS) is 11.0. The molecule has 0 aliphatic heterocycles. The molecule has 0 spiro atoms. The van der Waals surface area contributed by atoms with Gasteiger partial charge in [-0.15, -0.1) is 0 Å². The maximum Gasteiger partial charge on any atom is 0.337 e. The largest absolute Gasteiger partial charge is 0.465 e. The topological polar surface area (TPSA) is 102 Å². The van der Waals surface area contributed by atoms with Crippen molar-refractivity contribution in [3.63, 3.8) is 0 Å². The molecule has 2 aromatic carbocycles. The van der Waals surface area contributed by atoms with Crippen LogP contribution in [0.15, 0.2) is 47.4 Å². The van der Waals surface area contributed by atoms with E-state index in [1.807, 2.05) is 0 Å². The number of hydrogen-bond donors (Lipinski definition) is 2. The molecule has 2 N–H and O–H groups in total. The second kappa shape index (κ2) is 7.64. The quantitative estimate of drug-likeness (QED) is 0.772. The maximum absolute atomic E-state index is 12.4. The standard InChI is InChI=1S/C16H15ClN2O5S/c1-18-25(22,23)12-5-3-4-10(8-12)15(20)19-14-9-11(16(21)24-2)6-7-13(14)17/h3-9,18H,1-2H3,(H,19,20). The first-order chi connectivity index (χ1) is 11.8. The lowest BCUT2D eigenvalue weighted by Crippen LogP contribution is -2.19. The molecule has 0 aliphatic rings. The van der Waals surface area contributed by atoms with Crippen LogP contribution in [0, 0.1) is 0 Å². The third kappa shape index (κ3) is 4.36. The predicted octanol–water partition coefficient (Wildman–Crippen LogP) is 2.29. The van der Waals surface area contributed by atoms with E-state index in [0.717, 1.165) is 0 Å². The predicted molar refractivity (Wildman–Crippen MR) is 93.4 cm³/mol. The summed E-state index contributed by atoms with van der Waals surface area (Å²) < 4.78 is 30.4. The number of ether oxygens (including phenoxy) is 1. The van der Waals surface area contributed by atoms with E-state index >= 15 is 0 Å². The zero-order valence-electron chi connectivity index (χ0n) is 13.4. The van der Waals surface area contributed by atoms with E-state index in [1.54, 1.807) is 0 Å². The van der Waals surface area contributed by atoms with Crippen molar-refractivity contribution in [2.75, 3.05) is 19.5 Å². The van der Waals surface area contributed by atoms with Crippen LogP contribution >= 0.6 is 11.6 Å². The Labute approximate surface area is 150 Å². The van der Waals surface area contributed by atoms with E-state index in [4.69, 9.17) is 11.6 Å². The number of carbonyl (C=O) groups is 2. The number of amides is 1. The number of methoxy groups -OCH3 is 1. The summed E-state index contributed by atoms with van der Waals surface area (Å²) in [6.45, 7) is 0. The van der Waals surface area contributed by atoms with E-state index in [1.165, 1.54) is 56.6 Å². The fraction of sp³-hybridized carbons (Fsp3) is 0.125. The first-order valence-corrected chi connectivity index (χ1v) is 8.87. The van der Waals surface area contributed by atoms with Crippen LogP contribution in [0.3, 0.4) is 0 Å². The lowest BCUT2D eigenvalue weighted by Gasteiger charge is -2.10. The summed E-state index contributed by atoms with van der Waals surface area (Å²) in [5, 5.41) is 2.77. The van der Waals surface area contributed by atoms with Crippen molar-refractivity contribution >= 4 is 39.2 Å². The molecule has 0 unspecified atom stereocenters. The molecule has 25 heavy (non-hydrogen) atoms. The summed E-state index contributed by atoms with van der Waals surface area (Å²) in [6, 6.07) is 9.80. The smallest absolute Gasteiger partial charge is 0.337 e. The second-order valence-electron chi connectivity index (χ2n) is 4.88. The van der Waals surface area contributed by atoms with Crippen molar-refractivity contribution in [3.05, 3.63) is 58.6 Å². The van der Waals surface area contributed by atoms with Gasteiger partial charge in [-0.2, -0.15) is 0 Å². The van der Waals surface area contributed by atoms with Gasteiger partial charge in [-0.1, -0.05) is 17.7 Å². The Morgan fingerprint density at radius 1 is 1.08 bits per heavy atom. The average Bonchev–Trinajstić information content (AvgIpc) is 2.62. The fourth-order valence-electron chi connectivity index (χ4n) is 1.98. The van der Waals surface area contributed by atoms with Gasteiger partial charge in [-0.3, -0.25) is 4.79 Å². The molecule has 0 saturated heterocycles. The number of carbonyl (C=O) groups excluding carboxylic acids is 2. The maximum atomic E-state index is 12.4. The summed E-state index contributed by atoms with van der Waals surface area (Å²) in [6.07, 6.45) is 0. The number of hydrogen-bond acceptors (Lipinski definition) is 5. The van der Waals surface area contributed by atoms with E-state index in [-0.39, 0.29) is 26.7 Å². The minimum atomic E-state index is -3.67. The Balaban J connectivity index is 2.32. The van der Waals surface area contributed by atoms with Crippen LogP contribution in [-0.4, -0.2) is 34.5 Å². The van der Waals surface area contributed by atoms with Gasteiger partial charge in [0, 0.05) is 5.56 Å². The molecule has 0 saturated carbocycles. The molecule has 0 atom stereocenters. The molecule has 132 valence electrons. The number of benzene rings is 2. The molecule has 2 rings (SSSR count). The van der Waals surface area contributed by atoms with Gasteiger partial charge in [0.05, 0.1) is 28.3 Å². The van der Waals surface area contributed by atoms with Gasteiger partial charge in [-0.05, 0) is 43.4 Å². The second-order valence-corrected chi connectivity index (χ2v) is 7.17. The highest BCUT2D eigenvalue weighted by molar-refractivity contribution is 7.89. The Morgan fingerprint density at radius 3 is 2.44 bits per heavy atom. The first kappa shape index (κ1) is 18.9. The van der Waals surface area contributed by atoms with E-state index in [9.17, 15) is 18.0 Å². The van der Waals surface area contributed by atoms with E-state index < -0.39 is 21.9 Å². The van der Waals surface area contributed by atoms with Gasteiger partial charge in [0.1, 0.15) is 0 Å². The highest BCUT2D eigenvalue weighted by Gasteiger charge is 2.16. The highest BCUT2D eigenvalue weighted by Crippen LogP contribution is 2.24. The van der Waals surface area contributed by atoms with Crippen LogP contribution in [-0.2, 0) is 14.8 Å². The fourth-order valence-corrected chi connectivity index (χ4v) is 2.92. The van der Waals surface area contributed by atoms with Crippen molar-refractivity contribution in [2.45, 2.75) is 4.90 Å². The van der Waals surface area contributed by atoms with Crippen molar-refractivity contribution in [1.29, 1.82) is 0 Å². The van der Waals surface area contributed by atoms with E-state index in [0.29, 0.717) is 0 Å². The Hall–Kier alpha value is -2.42. The molecule has 1 amide bonds. The van der Waals surface area contributed by atoms with Crippen LogP contribution < -0.4 is 10.0 Å². The minimum Gasteiger partial charge on any atom is -0.465 e. The van der Waals surface area contributed by atoms with Crippen LogP contribution in [0.25, 0.3) is 0 Å². The average molecular weight is 383 g/mol. The van der Waals surface area contributed by atoms with Crippen LogP contribution in [0.4, 0.5) is 5.69 Å². The lowest BCUT2D eigenvalue weighted by atomic mass is 10.1. The minimum absolute atomic E-state index is 0.0444. The molecule has 0 bridgehead atoms. The summed E-state index contributed by atoms with van der Waals surface area (Å²) in [4.78, 5) is 23.9. The zero-order chi connectivity index (χ0) is 18.6. The molecular formula is C16H15ClN2O5S. The van der Waals surface area contributed by atoms with Gasteiger partial charge < -0.3 is 10.1 Å². The first-order valence-electron chi connectivity index (χ1n) is 7.01. The Kier molecular flexibility index (Phi) is 5.78.